The first kappa shape index (κ1) is 16.1. The Hall–Kier alpha value is -1.81. The topological polar surface area (TPSA) is 30.3 Å². The van der Waals surface area contributed by atoms with Crippen LogP contribution < -0.4 is 4.74 Å². The van der Waals surface area contributed by atoms with Crippen LogP contribution in [0.3, 0.4) is 0 Å². The maximum Gasteiger partial charge on any atom is 0.122 e. The van der Waals surface area contributed by atoms with E-state index in [9.17, 15) is 0 Å². The molecule has 3 rings (SSSR count). The summed E-state index contributed by atoms with van der Waals surface area (Å²) >= 11 is 0. The number of ether oxygens (including phenoxy) is 1. The zero-order valence-electron chi connectivity index (χ0n) is 14.5. The quantitative estimate of drug-likeness (QED) is 0.848. The zero-order chi connectivity index (χ0) is 16.2. The minimum atomic E-state index is 0.652. The van der Waals surface area contributed by atoms with E-state index >= 15 is 0 Å². The van der Waals surface area contributed by atoms with E-state index in [1.807, 2.05) is 17.9 Å². The summed E-state index contributed by atoms with van der Waals surface area (Å²) in [7, 11) is 2.04. The van der Waals surface area contributed by atoms with Gasteiger partial charge in [0.2, 0.25) is 0 Å². The van der Waals surface area contributed by atoms with Crippen molar-refractivity contribution >= 4 is 0 Å². The number of piperidine rings is 1. The summed E-state index contributed by atoms with van der Waals surface area (Å²) in [6.45, 7) is 8.27. The fourth-order valence-corrected chi connectivity index (χ4v) is 3.38. The van der Waals surface area contributed by atoms with Crippen LogP contribution >= 0.6 is 0 Å². The van der Waals surface area contributed by atoms with Crippen LogP contribution in [0.15, 0.2) is 30.5 Å². The molecule has 0 N–H and O–H groups in total. The normalized spacial score (nSPS) is 16.7. The predicted molar refractivity (Wildman–Crippen MR) is 93.0 cm³/mol. The van der Waals surface area contributed by atoms with Crippen molar-refractivity contribution in [2.75, 3.05) is 26.2 Å². The molecular weight excluding hydrogens is 286 g/mol. The van der Waals surface area contributed by atoms with Crippen LogP contribution in [-0.4, -0.2) is 40.9 Å². The zero-order valence-corrected chi connectivity index (χ0v) is 14.5. The molecule has 1 aromatic heterocycles. The average molecular weight is 313 g/mol. The minimum absolute atomic E-state index is 0.652. The molecular formula is C19H27N3O. The summed E-state index contributed by atoms with van der Waals surface area (Å²) in [6, 6.07) is 8.55. The molecule has 4 nitrogen and oxygen atoms in total. The van der Waals surface area contributed by atoms with E-state index in [1.165, 1.54) is 29.7 Å². The van der Waals surface area contributed by atoms with Gasteiger partial charge in [0, 0.05) is 31.4 Å². The Labute approximate surface area is 139 Å². The van der Waals surface area contributed by atoms with Gasteiger partial charge >= 0.3 is 0 Å². The molecule has 0 unspecified atom stereocenters. The number of likely N-dealkylation sites (tertiary alicyclic amines) is 1. The summed E-state index contributed by atoms with van der Waals surface area (Å²) in [5, 5.41) is 4.29. The van der Waals surface area contributed by atoms with Crippen LogP contribution in [0.4, 0.5) is 0 Å². The van der Waals surface area contributed by atoms with Gasteiger partial charge in [-0.25, -0.2) is 0 Å². The number of hydrogen-bond donors (Lipinski definition) is 0. The Balaban J connectivity index is 1.44. The third-order valence-electron chi connectivity index (χ3n) is 4.87. The van der Waals surface area contributed by atoms with Crippen molar-refractivity contribution in [1.82, 2.24) is 14.7 Å². The van der Waals surface area contributed by atoms with E-state index in [0.717, 1.165) is 32.0 Å². The van der Waals surface area contributed by atoms with Crippen molar-refractivity contribution < 1.29 is 4.74 Å². The monoisotopic (exact) mass is 313 g/mol. The first-order valence-electron chi connectivity index (χ1n) is 8.54. The van der Waals surface area contributed by atoms with Crippen molar-refractivity contribution in [3.05, 3.63) is 47.3 Å². The molecule has 2 aromatic rings. The van der Waals surface area contributed by atoms with E-state index in [-0.39, 0.29) is 0 Å². The van der Waals surface area contributed by atoms with Crippen molar-refractivity contribution in [2.24, 2.45) is 7.05 Å². The van der Waals surface area contributed by atoms with Gasteiger partial charge in [-0.3, -0.25) is 9.58 Å². The van der Waals surface area contributed by atoms with Gasteiger partial charge < -0.3 is 4.74 Å². The van der Waals surface area contributed by atoms with Gasteiger partial charge in [-0.05, 0) is 63.0 Å². The Morgan fingerprint density at radius 1 is 1.17 bits per heavy atom. The smallest absolute Gasteiger partial charge is 0.122 e. The number of nitrogens with zero attached hydrogens (tertiary/aromatic N) is 3. The third kappa shape index (κ3) is 3.94. The molecule has 1 saturated heterocycles. The Morgan fingerprint density at radius 3 is 2.65 bits per heavy atom. The summed E-state index contributed by atoms with van der Waals surface area (Å²) in [6.07, 6.45) is 4.33. The van der Waals surface area contributed by atoms with Crippen molar-refractivity contribution in [1.29, 1.82) is 0 Å². The molecule has 0 spiro atoms. The molecule has 124 valence electrons. The van der Waals surface area contributed by atoms with E-state index in [1.54, 1.807) is 0 Å². The lowest BCUT2D eigenvalue weighted by molar-refractivity contribution is 0.171. The Kier molecular flexibility index (Phi) is 5.01. The molecule has 23 heavy (non-hydrogen) atoms. The van der Waals surface area contributed by atoms with Crippen molar-refractivity contribution in [3.8, 4) is 5.75 Å². The molecule has 1 fully saturated rings. The molecule has 4 heteroatoms. The number of hydrogen-bond acceptors (Lipinski definition) is 3. The summed E-state index contributed by atoms with van der Waals surface area (Å²) < 4.78 is 8.00. The molecule has 1 aromatic carbocycles. The van der Waals surface area contributed by atoms with Crippen LogP contribution in [0.25, 0.3) is 0 Å². The van der Waals surface area contributed by atoms with Crippen LogP contribution in [0.1, 0.15) is 35.6 Å². The first-order valence-corrected chi connectivity index (χ1v) is 8.54. The number of benzene rings is 1. The highest BCUT2D eigenvalue weighted by molar-refractivity contribution is 5.35. The summed E-state index contributed by atoms with van der Waals surface area (Å²) in [5.74, 6) is 1.67. The summed E-state index contributed by atoms with van der Waals surface area (Å²) in [5.41, 5.74) is 3.84. The van der Waals surface area contributed by atoms with Crippen LogP contribution in [0.5, 0.6) is 5.75 Å². The maximum absolute atomic E-state index is 5.98. The van der Waals surface area contributed by atoms with Crippen molar-refractivity contribution in [3.63, 3.8) is 0 Å². The molecule has 1 aliphatic heterocycles. The highest BCUT2D eigenvalue weighted by Gasteiger charge is 2.22. The van der Waals surface area contributed by atoms with Crippen LogP contribution in [-0.2, 0) is 7.05 Å². The van der Waals surface area contributed by atoms with Gasteiger partial charge in [-0.15, -0.1) is 0 Å². The number of aryl methyl sites for hydroxylation is 3. The standard InChI is InChI=1S/C19H27N3O/c1-15-4-5-16(2)19(14-15)23-13-12-22-10-7-17(8-11-22)18-6-9-20-21(18)3/h4-6,9,14,17H,7-8,10-13H2,1-3H3. The molecule has 2 heterocycles. The van der Waals surface area contributed by atoms with Crippen LogP contribution in [0, 0.1) is 13.8 Å². The van der Waals surface area contributed by atoms with Gasteiger partial charge in [0.15, 0.2) is 0 Å². The lowest BCUT2D eigenvalue weighted by atomic mass is 9.93. The molecule has 1 aliphatic rings. The van der Waals surface area contributed by atoms with Gasteiger partial charge in [0.25, 0.3) is 0 Å². The Morgan fingerprint density at radius 2 is 1.96 bits per heavy atom. The molecule has 0 amide bonds. The van der Waals surface area contributed by atoms with Gasteiger partial charge in [-0.2, -0.15) is 5.10 Å². The molecule has 0 radical (unpaired) electrons. The predicted octanol–water partition coefficient (Wildman–Crippen LogP) is 3.30. The fraction of sp³-hybridized carbons (Fsp3) is 0.526. The highest BCUT2D eigenvalue weighted by atomic mass is 16.5. The highest BCUT2D eigenvalue weighted by Crippen LogP contribution is 2.27. The average Bonchev–Trinajstić information content (AvgIpc) is 2.97. The van der Waals surface area contributed by atoms with Crippen LogP contribution in [0.2, 0.25) is 0 Å². The maximum atomic E-state index is 5.98. The molecule has 0 atom stereocenters. The largest absolute Gasteiger partial charge is 0.492 e. The Bertz CT molecular complexity index is 642. The van der Waals surface area contributed by atoms with Gasteiger partial charge in [0.1, 0.15) is 12.4 Å². The lowest BCUT2D eigenvalue weighted by Crippen LogP contribution is -2.36. The molecule has 0 bridgehead atoms. The third-order valence-corrected chi connectivity index (χ3v) is 4.87. The summed E-state index contributed by atoms with van der Waals surface area (Å²) in [4.78, 5) is 2.51. The lowest BCUT2D eigenvalue weighted by Gasteiger charge is -2.31. The van der Waals surface area contributed by atoms with E-state index in [0.29, 0.717) is 5.92 Å². The van der Waals surface area contributed by atoms with Crippen molar-refractivity contribution in [2.45, 2.75) is 32.6 Å². The molecule has 0 aliphatic carbocycles. The number of rotatable bonds is 5. The van der Waals surface area contributed by atoms with Gasteiger partial charge in [0.05, 0.1) is 0 Å². The fourth-order valence-electron chi connectivity index (χ4n) is 3.38. The second-order valence-electron chi connectivity index (χ2n) is 6.61. The number of aromatic nitrogens is 2. The van der Waals surface area contributed by atoms with E-state index in [4.69, 9.17) is 4.74 Å². The second-order valence-corrected chi connectivity index (χ2v) is 6.61. The SMILES string of the molecule is Cc1ccc(C)c(OCCN2CCC(c3ccnn3C)CC2)c1. The van der Waals surface area contributed by atoms with E-state index in [2.05, 4.69) is 48.1 Å². The molecule has 0 saturated carbocycles. The second kappa shape index (κ2) is 7.18. The van der Waals surface area contributed by atoms with Gasteiger partial charge in [-0.1, -0.05) is 12.1 Å². The first-order chi connectivity index (χ1) is 11.1. The minimum Gasteiger partial charge on any atom is -0.492 e. The van der Waals surface area contributed by atoms with E-state index < -0.39 is 0 Å².